The van der Waals surface area contributed by atoms with Crippen molar-refractivity contribution >= 4 is 28.4 Å². The summed E-state index contributed by atoms with van der Waals surface area (Å²) in [5, 5.41) is 7.56. The highest BCUT2D eigenvalue weighted by atomic mass is 16.2. The molecule has 0 aliphatic heterocycles. The van der Waals surface area contributed by atoms with E-state index in [-0.39, 0.29) is 22.9 Å². The zero-order valence-corrected chi connectivity index (χ0v) is 16.5. The predicted molar refractivity (Wildman–Crippen MR) is 112 cm³/mol. The van der Waals surface area contributed by atoms with Crippen LogP contribution in [0, 0.1) is 6.92 Å². The average molecular weight is 404 g/mol. The Morgan fingerprint density at radius 3 is 2.80 bits per heavy atom. The number of para-hydroxylation sites is 1. The molecule has 3 heterocycles. The second kappa shape index (κ2) is 7.78. The molecule has 4 rings (SSSR count). The van der Waals surface area contributed by atoms with Crippen LogP contribution in [-0.4, -0.2) is 36.4 Å². The number of hydrogen-bond donors (Lipinski definition) is 3. The number of fused-ring (bicyclic) bond motifs is 1. The summed E-state index contributed by atoms with van der Waals surface area (Å²) in [7, 11) is 0. The fourth-order valence-corrected chi connectivity index (χ4v) is 3.28. The van der Waals surface area contributed by atoms with Gasteiger partial charge in [0.1, 0.15) is 5.82 Å². The van der Waals surface area contributed by atoms with Crippen LogP contribution in [0.25, 0.3) is 16.9 Å². The molecule has 0 atom stereocenters. The summed E-state index contributed by atoms with van der Waals surface area (Å²) in [6.07, 6.45) is 2.98. The highest BCUT2D eigenvalue weighted by Crippen LogP contribution is 2.20. The van der Waals surface area contributed by atoms with Crippen molar-refractivity contribution < 1.29 is 9.59 Å². The molecule has 0 aliphatic rings. The van der Waals surface area contributed by atoms with Crippen LogP contribution in [0.1, 0.15) is 35.1 Å². The number of carbonyl (C=O) groups is 2. The van der Waals surface area contributed by atoms with E-state index in [0.717, 1.165) is 11.9 Å². The van der Waals surface area contributed by atoms with Crippen molar-refractivity contribution in [1.82, 2.24) is 24.7 Å². The Morgan fingerprint density at radius 1 is 1.20 bits per heavy atom. The molecular formula is C21H20N6O3. The number of aromatic nitrogens is 5. The third-order valence-corrected chi connectivity index (χ3v) is 4.60. The number of nitrogens with one attached hydrogen (secondary N) is 3. The molecule has 3 aromatic heterocycles. The van der Waals surface area contributed by atoms with Crippen LogP contribution in [-0.2, 0) is 11.2 Å². The van der Waals surface area contributed by atoms with Gasteiger partial charge in [0.15, 0.2) is 0 Å². The summed E-state index contributed by atoms with van der Waals surface area (Å²) in [6.45, 7) is 3.73. The minimum absolute atomic E-state index is 0.175. The minimum Gasteiger partial charge on any atom is -0.360 e. The molecule has 0 fully saturated rings. The number of nitrogens with zero attached hydrogens (tertiary/aromatic N) is 3. The Hall–Kier alpha value is -4.01. The van der Waals surface area contributed by atoms with E-state index in [9.17, 15) is 14.4 Å². The Kier molecular flexibility index (Phi) is 5.01. The largest absolute Gasteiger partial charge is 0.360 e. The first-order valence-electron chi connectivity index (χ1n) is 9.55. The molecule has 0 spiro atoms. The van der Waals surface area contributed by atoms with Gasteiger partial charge in [0.05, 0.1) is 11.3 Å². The lowest BCUT2D eigenvalue weighted by Gasteiger charge is -2.08. The van der Waals surface area contributed by atoms with Gasteiger partial charge >= 0.3 is 0 Å². The van der Waals surface area contributed by atoms with Crippen LogP contribution >= 0.6 is 0 Å². The molecule has 0 saturated heterocycles. The van der Waals surface area contributed by atoms with Crippen molar-refractivity contribution in [1.29, 1.82) is 0 Å². The normalized spacial score (nSPS) is 11.0. The summed E-state index contributed by atoms with van der Waals surface area (Å²) in [6, 6.07) is 10.3. The molecule has 0 unspecified atom stereocenters. The van der Waals surface area contributed by atoms with Crippen LogP contribution in [0.4, 0.5) is 5.82 Å². The standard InChI is InChI=1S/C21H20N6O3/c1-3-6-13-10-18(28)25-21(23-13)27-17(9-12(2)26-27)24-20(30)19(29)15-11-22-16-8-5-4-7-14(15)16/h4-5,7-11,22H,3,6H2,1-2H3,(H,24,30)(H,23,25,28). The van der Waals surface area contributed by atoms with Crippen molar-refractivity contribution in [3.8, 4) is 5.95 Å². The maximum atomic E-state index is 12.7. The van der Waals surface area contributed by atoms with Gasteiger partial charge in [0.25, 0.3) is 17.2 Å². The fourth-order valence-electron chi connectivity index (χ4n) is 3.28. The van der Waals surface area contributed by atoms with Crippen molar-refractivity contribution in [3.63, 3.8) is 0 Å². The maximum Gasteiger partial charge on any atom is 0.298 e. The molecule has 9 heteroatoms. The van der Waals surface area contributed by atoms with Gasteiger partial charge in [-0.25, -0.2) is 4.98 Å². The maximum absolute atomic E-state index is 12.7. The third-order valence-electron chi connectivity index (χ3n) is 4.60. The number of ketones is 1. The lowest BCUT2D eigenvalue weighted by atomic mass is 10.1. The van der Waals surface area contributed by atoms with E-state index in [1.54, 1.807) is 25.1 Å². The Balaban J connectivity index is 1.65. The summed E-state index contributed by atoms with van der Waals surface area (Å²) in [5.41, 5.74) is 1.94. The van der Waals surface area contributed by atoms with Crippen LogP contribution in [0.3, 0.4) is 0 Å². The topological polar surface area (TPSA) is 126 Å². The summed E-state index contributed by atoms with van der Waals surface area (Å²) in [5.74, 6) is -1.08. The predicted octanol–water partition coefficient (Wildman–Crippen LogP) is 2.52. The number of H-pyrrole nitrogens is 2. The number of aryl methyl sites for hydroxylation is 2. The van der Waals surface area contributed by atoms with E-state index in [4.69, 9.17) is 0 Å². The molecule has 152 valence electrons. The van der Waals surface area contributed by atoms with Crippen LogP contribution in [0.2, 0.25) is 0 Å². The van der Waals surface area contributed by atoms with Crippen LogP contribution < -0.4 is 10.9 Å². The Morgan fingerprint density at radius 2 is 2.00 bits per heavy atom. The fraction of sp³-hybridized carbons (Fsp3) is 0.190. The lowest BCUT2D eigenvalue weighted by Crippen LogP contribution is -2.25. The highest BCUT2D eigenvalue weighted by molar-refractivity contribution is 6.48. The van der Waals surface area contributed by atoms with E-state index < -0.39 is 11.7 Å². The molecule has 0 bridgehead atoms. The Bertz CT molecular complexity index is 1310. The first kappa shape index (κ1) is 19.3. The zero-order valence-electron chi connectivity index (χ0n) is 16.5. The highest BCUT2D eigenvalue weighted by Gasteiger charge is 2.22. The smallest absolute Gasteiger partial charge is 0.298 e. The SMILES string of the molecule is CCCc1cc(=O)[nH]c(-n2nc(C)cc2NC(=O)C(=O)c2c[nH]c3ccccc23)n1. The molecule has 3 N–H and O–H groups in total. The van der Waals surface area contributed by atoms with E-state index in [1.807, 2.05) is 19.1 Å². The van der Waals surface area contributed by atoms with Gasteiger partial charge in [0.2, 0.25) is 5.95 Å². The van der Waals surface area contributed by atoms with Gasteiger partial charge in [-0.3, -0.25) is 19.4 Å². The van der Waals surface area contributed by atoms with E-state index in [0.29, 0.717) is 23.2 Å². The number of benzene rings is 1. The van der Waals surface area contributed by atoms with Crippen molar-refractivity contribution in [2.45, 2.75) is 26.7 Å². The van der Waals surface area contributed by atoms with Gasteiger partial charge in [-0.2, -0.15) is 9.78 Å². The molecule has 4 aromatic rings. The molecule has 0 radical (unpaired) electrons. The number of rotatable bonds is 6. The van der Waals surface area contributed by atoms with Gasteiger partial charge in [-0.15, -0.1) is 0 Å². The molecule has 30 heavy (non-hydrogen) atoms. The van der Waals surface area contributed by atoms with Gasteiger partial charge < -0.3 is 10.3 Å². The quantitative estimate of drug-likeness (QED) is 0.336. The molecule has 9 nitrogen and oxygen atoms in total. The minimum atomic E-state index is -0.812. The first-order valence-corrected chi connectivity index (χ1v) is 9.55. The molecule has 0 aliphatic carbocycles. The number of aromatic amines is 2. The van der Waals surface area contributed by atoms with Crippen LogP contribution in [0.15, 0.2) is 47.4 Å². The Labute approximate surface area is 171 Å². The van der Waals surface area contributed by atoms with Crippen molar-refractivity contribution in [3.05, 3.63) is 69.9 Å². The molecule has 1 amide bonds. The summed E-state index contributed by atoms with van der Waals surface area (Å²) < 4.78 is 1.32. The number of amides is 1. The lowest BCUT2D eigenvalue weighted by molar-refractivity contribution is -0.112. The number of anilines is 1. The van der Waals surface area contributed by atoms with Crippen molar-refractivity contribution in [2.75, 3.05) is 5.32 Å². The number of carbonyl (C=O) groups excluding carboxylic acids is 2. The van der Waals surface area contributed by atoms with Crippen LogP contribution in [0.5, 0.6) is 0 Å². The monoisotopic (exact) mass is 404 g/mol. The average Bonchev–Trinajstić information content (AvgIpc) is 3.30. The van der Waals surface area contributed by atoms with E-state index in [2.05, 4.69) is 25.4 Å². The first-order chi connectivity index (χ1) is 14.5. The van der Waals surface area contributed by atoms with Gasteiger partial charge in [-0.1, -0.05) is 31.5 Å². The summed E-state index contributed by atoms with van der Waals surface area (Å²) >= 11 is 0. The van der Waals surface area contributed by atoms with E-state index >= 15 is 0 Å². The summed E-state index contributed by atoms with van der Waals surface area (Å²) in [4.78, 5) is 47.4. The van der Waals surface area contributed by atoms with E-state index in [1.165, 1.54) is 16.9 Å². The molecule has 1 aromatic carbocycles. The molecular weight excluding hydrogens is 384 g/mol. The zero-order chi connectivity index (χ0) is 21.3. The number of Topliss-reactive ketones (excluding diaryl/α,β-unsaturated/α-hetero) is 1. The van der Waals surface area contributed by atoms with Gasteiger partial charge in [0, 0.05) is 34.9 Å². The van der Waals surface area contributed by atoms with Crippen molar-refractivity contribution in [2.24, 2.45) is 0 Å². The van der Waals surface area contributed by atoms with Gasteiger partial charge in [-0.05, 0) is 19.4 Å². The third kappa shape index (κ3) is 3.64. The molecule has 0 saturated carbocycles. The second-order valence-electron chi connectivity index (χ2n) is 6.92. The second-order valence-corrected chi connectivity index (χ2v) is 6.92. The number of hydrogen-bond acceptors (Lipinski definition) is 5.